The normalized spacial score (nSPS) is 17.2. The van der Waals surface area contributed by atoms with Gasteiger partial charge in [0, 0.05) is 11.3 Å². The van der Waals surface area contributed by atoms with Gasteiger partial charge in [-0.15, -0.1) is 0 Å². The number of amides is 1. The van der Waals surface area contributed by atoms with Crippen LogP contribution in [0.2, 0.25) is 0 Å². The Bertz CT molecular complexity index is 1240. The standard InChI is InChI=1S/C26H20N2O4/c1-2-32-21-10-6-9-19(15-21)24(29)22-23(18-7-4-3-5-8-18)28(26(31)25(22)30)20-13-11-17(16-27)12-14-20/h3-15,23,29H,2H2,1H3/b24-22-. The first kappa shape index (κ1) is 20.9. The molecule has 4 rings (SSSR count). The number of nitriles is 1. The first-order valence-corrected chi connectivity index (χ1v) is 10.1. The molecule has 32 heavy (non-hydrogen) atoms. The number of benzene rings is 3. The third-order valence-corrected chi connectivity index (χ3v) is 5.25. The summed E-state index contributed by atoms with van der Waals surface area (Å²) in [7, 11) is 0. The van der Waals surface area contributed by atoms with Crippen molar-refractivity contribution in [1.82, 2.24) is 0 Å². The van der Waals surface area contributed by atoms with Crippen LogP contribution in [0, 0.1) is 11.3 Å². The summed E-state index contributed by atoms with van der Waals surface area (Å²) in [6, 6.07) is 23.5. The Morgan fingerprint density at radius 2 is 1.75 bits per heavy atom. The zero-order valence-corrected chi connectivity index (χ0v) is 17.4. The van der Waals surface area contributed by atoms with Gasteiger partial charge < -0.3 is 9.84 Å². The number of aliphatic hydroxyl groups is 1. The number of Topliss-reactive ketones (excluding diaryl/α,β-unsaturated/α-hetero) is 1. The fourth-order valence-electron chi connectivity index (χ4n) is 3.80. The molecule has 0 bridgehead atoms. The van der Waals surface area contributed by atoms with E-state index in [1.54, 1.807) is 60.7 Å². The van der Waals surface area contributed by atoms with Crippen molar-refractivity contribution in [2.75, 3.05) is 11.5 Å². The predicted octanol–water partition coefficient (Wildman–Crippen LogP) is 4.58. The highest BCUT2D eigenvalue weighted by Crippen LogP contribution is 2.42. The Morgan fingerprint density at radius 1 is 1.03 bits per heavy atom. The smallest absolute Gasteiger partial charge is 0.300 e. The average molecular weight is 424 g/mol. The van der Waals surface area contributed by atoms with E-state index in [-0.39, 0.29) is 11.3 Å². The topological polar surface area (TPSA) is 90.6 Å². The summed E-state index contributed by atoms with van der Waals surface area (Å²) in [5.74, 6) is -1.24. The van der Waals surface area contributed by atoms with Gasteiger partial charge in [-0.05, 0) is 48.9 Å². The second-order valence-electron chi connectivity index (χ2n) is 7.20. The number of anilines is 1. The summed E-state index contributed by atoms with van der Waals surface area (Å²) in [5.41, 5.74) is 1.96. The third-order valence-electron chi connectivity index (χ3n) is 5.25. The highest BCUT2D eigenvalue weighted by molar-refractivity contribution is 6.51. The Labute approximate surface area is 185 Å². The maximum Gasteiger partial charge on any atom is 0.300 e. The number of aliphatic hydroxyl groups excluding tert-OH is 1. The number of hydrogen-bond acceptors (Lipinski definition) is 5. The van der Waals surface area contributed by atoms with E-state index in [0.717, 1.165) is 0 Å². The molecule has 1 N–H and O–H groups in total. The lowest BCUT2D eigenvalue weighted by Crippen LogP contribution is -2.29. The molecule has 1 unspecified atom stereocenters. The van der Waals surface area contributed by atoms with Crippen molar-refractivity contribution in [1.29, 1.82) is 5.26 Å². The molecule has 0 radical (unpaired) electrons. The molecule has 1 fully saturated rings. The zero-order chi connectivity index (χ0) is 22.7. The molecule has 3 aromatic rings. The van der Waals surface area contributed by atoms with Gasteiger partial charge in [0.15, 0.2) is 0 Å². The van der Waals surface area contributed by atoms with E-state index < -0.39 is 17.7 Å². The number of carbonyl (C=O) groups is 2. The minimum Gasteiger partial charge on any atom is -0.507 e. The minimum atomic E-state index is -0.820. The van der Waals surface area contributed by atoms with Crippen LogP contribution in [0.3, 0.4) is 0 Å². The van der Waals surface area contributed by atoms with Crippen LogP contribution < -0.4 is 9.64 Å². The van der Waals surface area contributed by atoms with E-state index in [2.05, 4.69) is 0 Å². The van der Waals surface area contributed by atoms with E-state index >= 15 is 0 Å². The summed E-state index contributed by atoms with van der Waals surface area (Å²) in [4.78, 5) is 27.6. The van der Waals surface area contributed by atoms with E-state index in [0.29, 0.717) is 34.7 Å². The van der Waals surface area contributed by atoms with Gasteiger partial charge in [-0.25, -0.2) is 0 Å². The van der Waals surface area contributed by atoms with Crippen molar-refractivity contribution in [2.45, 2.75) is 13.0 Å². The van der Waals surface area contributed by atoms with Crippen LogP contribution in [-0.2, 0) is 9.59 Å². The van der Waals surface area contributed by atoms with Crippen LogP contribution in [0.4, 0.5) is 5.69 Å². The van der Waals surface area contributed by atoms with Crippen LogP contribution in [0.1, 0.15) is 29.7 Å². The molecule has 6 heteroatoms. The monoisotopic (exact) mass is 424 g/mol. The lowest BCUT2D eigenvalue weighted by molar-refractivity contribution is -0.132. The van der Waals surface area contributed by atoms with Gasteiger partial charge in [-0.3, -0.25) is 14.5 Å². The van der Waals surface area contributed by atoms with Gasteiger partial charge in [0.25, 0.3) is 11.7 Å². The number of nitrogens with zero attached hydrogens (tertiary/aromatic N) is 2. The largest absolute Gasteiger partial charge is 0.507 e. The molecule has 0 spiro atoms. The minimum absolute atomic E-state index is 0.000733. The molecule has 1 aliphatic rings. The SMILES string of the molecule is CCOc1cccc(/C(O)=C2/C(=O)C(=O)N(c3ccc(C#N)cc3)C2c2ccccc2)c1. The van der Waals surface area contributed by atoms with Crippen molar-refractivity contribution in [2.24, 2.45) is 0 Å². The Morgan fingerprint density at radius 3 is 2.41 bits per heavy atom. The molecular formula is C26H20N2O4. The zero-order valence-electron chi connectivity index (χ0n) is 17.4. The van der Waals surface area contributed by atoms with Crippen LogP contribution in [0.5, 0.6) is 5.75 Å². The first-order chi connectivity index (χ1) is 15.5. The molecule has 1 aliphatic heterocycles. The molecule has 1 amide bonds. The van der Waals surface area contributed by atoms with E-state index in [4.69, 9.17) is 10.00 Å². The second-order valence-corrected chi connectivity index (χ2v) is 7.20. The van der Waals surface area contributed by atoms with Crippen molar-refractivity contribution in [3.8, 4) is 11.8 Å². The molecular weight excluding hydrogens is 404 g/mol. The van der Waals surface area contributed by atoms with Crippen molar-refractivity contribution in [3.05, 3.63) is 101 Å². The summed E-state index contributed by atoms with van der Waals surface area (Å²) in [5, 5.41) is 20.2. The van der Waals surface area contributed by atoms with Gasteiger partial charge in [0.2, 0.25) is 0 Å². The summed E-state index contributed by atoms with van der Waals surface area (Å²) < 4.78 is 5.51. The van der Waals surface area contributed by atoms with Gasteiger partial charge in [-0.1, -0.05) is 42.5 Å². The number of hydrogen-bond donors (Lipinski definition) is 1. The summed E-state index contributed by atoms with van der Waals surface area (Å²) in [6.07, 6.45) is 0. The van der Waals surface area contributed by atoms with E-state index in [1.165, 1.54) is 4.90 Å². The number of ketones is 1. The van der Waals surface area contributed by atoms with Crippen molar-refractivity contribution >= 4 is 23.1 Å². The highest BCUT2D eigenvalue weighted by atomic mass is 16.5. The van der Waals surface area contributed by atoms with Crippen LogP contribution in [-0.4, -0.2) is 23.4 Å². The summed E-state index contributed by atoms with van der Waals surface area (Å²) >= 11 is 0. The molecule has 0 aromatic heterocycles. The van der Waals surface area contributed by atoms with Crippen LogP contribution >= 0.6 is 0 Å². The molecule has 0 saturated carbocycles. The molecule has 6 nitrogen and oxygen atoms in total. The Kier molecular flexibility index (Phi) is 5.73. The highest BCUT2D eigenvalue weighted by Gasteiger charge is 2.46. The van der Waals surface area contributed by atoms with Gasteiger partial charge >= 0.3 is 0 Å². The quantitative estimate of drug-likeness (QED) is 0.368. The molecule has 1 saturated heterocycles. The fourth-order valence-corrected chi connectivity index (χ4v) is 3.80. The maximum absolute atomic E-state index is 13.1. The van der Waals surface area contributed by atoms with E-state index in [1.807, 2.05) is 31.2 Å². The predicted molar refractivity (Wildman–Crippen MR) is 120 cm³/mol. The second kappa shape index (κ2) is 8.78. The molecule has 158 valence electrons. The maximum atomic E-state index is 13.1. The van der Waals surface area contributed by atoms with Crippen molar-refractivity contribution < 1.29 is 19.4 Å². The Hall–Kier alpha value is -4.37. The molecule has 1 atom stereocenters. The van der Waals surface area contributed by atoms with Gasteiger partial charge in [-0.2, -0.15) is 5.26 Å². The van der Waals surface area contributed by atoms with Gasteiger partial charge in [0.05, 0.1) is 29.9 Å². The number of ether oxygens (including phenoxy) is 1. The molecule has 0 aliphatic carbocycles. The van der Waals surface area contributed by atoms with Crippen LogP contribution in [0.25, 0.3) is 5.76 Å². The van der Waals surface area contributed by atoms with Crippen molar-refractivity contribution in [3.63, 3.8) is 0 Å². The first-order valence-electron chi connectivity index (χ1n) is 10.1. The van der Waals surface area contributed by atoms with Crippen LogP contribution in [0.15, 0.2) is 84.4 Å². The summed E-state index contributed by atoms with van der Waals surface area (Å²) in [6.45, 7) is 2.31. The fraction of sp³-hybridized carbons (Fsp3) is 0.115. The van der Waals surface area contributed by atoms with E-state index in [9.17, 15) is 14.7 Å². The number of rotatable bonds is 5. The molecule has 1 heterocycles. The lowest BCUT2D eigenvalue weighted by atomic mass is 9.95. The number of carbonyl (C=O) groups excluding carboxylic acids is 2. The van der Waals surface area contributed by atoms with Gasteiger partial charge in [0.1, 0.15) is 11.5 Å². The lowest BCUT2D eigenvalue weighted by Gasteiger charge is -2.25. The Balaban J connectivity index is 1.90. The third kappa shape index (κ3) is 3.72. The average Bonchev–Trinajstić information content (AvgIpc) is 3.10. The molecule has 3 aromatic carbocycles.